The molecule has 134 valence electrons. The van der Waals surface area contributed by atoms with Crippen molar-refractivity contribution in [3.63, 3.8) is 0 Å². The maximum Gasteiger partial charge on any atom is 0.251 e. The van der Waals surface area contributed by atoms with E-state index in [1.807, 2.05) is 24.4 Å². The van der Waals surface area contributed by atoms with Gasteiger partial charge in [0.15, 0.2) is 0 Å². The molecule has 2 amide bonds. The number of benzene rings is 2. The molecule has 0 aliphatic heterocycles. The number of carbonyl (C=O) groups excluding carboxylic acids is 2. The molecule has 0 fully saturated rings. The summed E-state index contributed by atoms with van der Waals surface area (Å²) in [5.41, 5.74) is 2.72. The van der Waals surface area contributed by atoms with Crippen molar-refractivity contribution >= 4 is 22.7 Å². The van der Waals surface area contributed by atoms with Crippen LogP contribution in [0.5, 0.6) is 5.75 Å². The van der Waals surface area contributed by atoms with Gasteiger partial charge in [0.2, 0.25) is 5.91 Å². The van der Waals surface area contributed by atoms with E-state index in [0.717, 1.165) is 22.9 Å². The van der Waals surface area contributed by atoms with Gasteiger partial charge in [0.05, 0.1) is 13.7 Å². The van der Waals surface area contributed by atoms with Gasteiger partial charge in [0, 0.05) is 29.2 Å². The van der Waals surface area contributed by atoms with Crippen LogP contribution >= 0.6 is 0 Å². The Morgan fingerprint density at radius 2 is 1.81 bits per heavy atom. The van der Waals surface area contributed by atoms with E-state index in [1.54, 1.807) is 31.4 Å². The van der Waals surface area contributed by atoms with E-state index in [1.165, 1.54) is 0 Å². The summed E-state index contributed by atoms with van der Waals surface area (Å²) in [5.74, 6) is 0.169. The van der Waals surface area contributed by atoms with Gasteiger partial charge in [-0.3, -0.25) is 9.59 Å². The van der Waals surface area contributed by atoms with Crippen LogP contribution in [-0.4, -0.2) is 37.0 Å². The Hall–Kier alpha value is -3.28. The van der Waals surface area contributed by atoms with Crippen LogP contribution in [0.1, 0.15) is 15.9 Å². The van der Waals surface area contributed by atoms with Crippen molar-refractivity contribution in [2.24, 2.45) is 0 Å². The summed E-state index contributed by atoms with van der Waals surface area (Å²) in [6.45, 7) is 0.456. The van der Waals surface area contributed by atoms with Crippen molar-refractivity contribution < 1.29 is 14.3 Å². The Bertz CT molecular complexity index is 900. The number of carbonyl (C=O) groups is 2. The average molecular weight is 351 g/mol. The Kier molecular flexibility index (Phi) is 5.53. The minimum absolute atomic E-state index is 0.0568. The third-order valence-corrected chi connectivity index (χ3v) is 4.15. The predicted octanol–water partition coefficient (Wildman–Crippen LogP) is 2.27. The van der Waals surface area contributed by atoms with E-state index in [0.29, 0.717) is 17.9 Å². The number of hydrogen-bond acceptors (Lipinski definition) is 3. The highest BCUT2D eigenvalue weighted by molar-refractivity contribution is 5.96. The number of methoxy groups -OCH3 is 1. The molecular formula is C20H21N3O3. The van der Waals surface area contributed by atoms with E-state index < -0.39 is 0 Å². The summed E-state index contributed by atoms with van der Waals surface area (Å²) in [6.07, 6.45) is 2.68. The van der Waals surface area contributed by atoms with Crippen LogP contribution < -0.4 is 15.4 Å². The molecule has 3 rings (SSSR count). The SMILES string of the molecule is COc1ccc(C(=O)NCC(=O)NCCc2c[nH]c3ccccc23)cc1. The number of aromatic nitrogens is 1. The minimum Gasteiger partial charge on any atom is -0.497 e. The molecule has 1 heterocycles. The summed E-state index contributed by atoms with van der Waals surface area (Å²) in [4.78, 5) is 27.2. The molecule has 26 heavy (non-hydrogen) atoms. The molecule has 0 spiro atoms. The first kappa shape index (κ1) is 17.5. The Morgan fingerprint density at radius 1 is 1.04 bits per heavy atom. The average Bonchev–Trinajstić information content (AvgIpc) is 3.09. The van der Waals surface area contributed by atoms with Gasteiger partial charge >= 0.3 is 0 Å². The number of H-pyrrole nitrogens is 1. The monoisotopic (exact) mass is 351 g/mol. The number of amides is 2. The molecule has 3 N–H and O–H groups in total. The summed E-state index contributed by atoms with van der Waals surface area (Å²) >= 11 is 0. The highest BCUT2D eigenvalue weighted by atomic mass is 16.5. The second kappa shape index (κ2) is 8.20. The van der Waals surface area contributed by atoms with E-state index in [-0.39, 0.29) is 18.4 Å². The number of aromatic amines is 1. The van der Waals surface area contributed by atoms with Crippen molar-refractivity contribution in [2.75, 3.05) is 20.2 Å². The van der Waals surface area contributed by atoms with Crippen LogP contribution in [0.4, 0.5) is 0 Å². The number of hydrogen-bond donors (Lipinski definition) is 3. The first-order valence-electron chi connectivity index (χ1n) is 8.41. The second-order valence-electron chi connectivity index (χ2n) is 5.87. The molecule has 1 aromatic heterocycles. The van der Waals surface area contributed by atoms with Gasteiger partial charge in [-0.15, -0.1) is 0 Å². The van der Waals surface area contributed by atoms with Crippen LogP contribution in [-0.2, 0) is 11.2 Å². The molecule has 6 nitrogen and oxygen atoms in total. The maximum atomic E-state index is 12.0. The Balaban J connectivity index is 1.43. The van der Waals surface area contributed by atoms with Gasteiger partial charge in [0.1, 0.15) is 5.75 Å². The zero-order valence-corrected chi connectivity index (χ0v) is 14.5. The van der Waals surface area contributed by atoms with E-state index >= 15 is 0 Å². The first-order valence-corrected chi connectivity index (χ1v) is 8.41. The number of fused-ring (bicyclic) bond motifs is 1. The third-order valence-electron chi connectivity index (χ3n) is 4.15. The molecule has 0 aliphatic carbocycles. The Labute approximate surface area is 151 Å². The lowest BCUT2D eigenvalue weighted by molar-refractivity contribution is -0.120. The van der Waals surface area contributed by atoms with Crippen LogP contribution in [0.3, 0.4) is 0 Å². The van der Waals surface area contributed by atoms with E-state index in [2.05, 4.69) is 21.7 Å². The number of nitrogens with one attached hydrogen (secondary N) is 3. The van der Waals surface area contributed by atoms with E-state index in [9.17, 15) is 9.59 Å². The number of rotatable bonds is 7. The highest BCUT2D eigenvalue weighted by Crippen LogP contribution is 2.17. The normalized spacial score (nSPS) is 10.5. The molecule has 0 atom stereocenters. The van der Waals surface area contributed by atoms with Crippen LogP contribution in [0.2, 0.25) is 0 Å². The third kappa shape index (κ3) is 4.22. The highest BCUT2D eigenvalue weighted by Gasteiger charge is 2.08. The molecule has 3 aromatic rings. The van der Waals surface area contributed by atoms with Gasteiger partial charge in [0.25, 0.3) is 5.91 Å². The van der Waals surface area contributed by atoms with Crippen LogP contribution in [0.25, 0.3) is 10.9 Å². The summed E-state index contributed by atoms with van der Waals surface area (Å²) < 4.78 is 5.05. The molecule has 0 saturated carbocycles. The van der Waals surface area contributed by atoms with Crippen LogP contribution in [0.15, 0.2) is 54.7 Å². The molecule has 2 aromatic carbocycles. The van der Waals surface area contributed by atoms with Crippen molar-refractivity contribution in [3.8, 4) is 5.75 Å². The fraction of sp³-hybridized carbons (Fsp3) is 0.200. The van der Waals surface area contributed by atoms with Crippen molar-refractivity contribution in [1.82, 2.24) is 15.6 Å². The maximum absolute atomic E-state index is 12.0. The van der Waals surface area contributed by atoms with Crippen molar-refractivity contribution in [1.29, 1.82) is 0 Å². The first-order chi connectivity index (χ1) is 12.7. The summed E-state index contributed by atoms with van der Waals surface area (Å²) in [6, 6.07) is 14.8. The standard InChI is InChI=1S/C20H21N3O3/c1-26-16-8-6-14(7-9-16)20(25)23-13-19(24)21-11-10-15-12-22-18-5-3-2-4-17(15)18/h2-9,12,22H,10-11,13H2,1H3,(H,21,24)(H,23,25). The van der Waals surface area contributed by atoms with Crippen LogP contribution in [0, 0.1) is 0 Å². The summed E-state index contributed by atoms with van der Waals surface area (Å²) in [7, 11) is 1.57. The van der Waals surface area contributed by atoms with Gasteiger partial charge in [-0.1, -0.05) is 18.2 Å². The lowest BCUT2D eigenvalue weighted by Crippen LogP contribution is -2.37. The fourth-order valence-corrected chi connectivity index (χ4v) is 2.74. The van der Waals surface area contributed by atoms with Gasteiger partial charge in [-0.05, 0) is 42.3 Å². The van der Waals surface area contributed by atoms with E-state index in [4.69, 9.17) is 4.74 Å². The molecular weight excluding hydrogens is 330 g/mol. The number of ether oxygens (including phenoxy) is 1. The Morgan fingerprint density at radius 3 is 2.58 bits per heavy atom. The zero-order chi connectivity index (χ0) is 18.4. The molecule has 0 radical (unpaired) electrons. The predicted molar refractivity (Wildman–Crippen MR) is 100 cm³/mol. The molecule has 0 aliphatic rings. The largest absolute Gasteiger partial charge is 0.497 e. The zero-order valence-electron chi connectivity index (χ0n) is 14.5. The summed E-state index contributed by atoms with van der Waals surface area (Å²) in [5, 5.41) is 6.60. The van der Waals surface area contributed by atoms with Gasteiger partial charge < -0.3 is 20.4 Å². The second-order valence-corrected chi connectivity index (χ2v) is 5.87. The topological polar surface area (TPSA) is 83.2 Å². The molecule has 0 bridgehead atoms. The lowest BCUT2D eigenvalue weighted by Gasteiger charge is -2.07. The smallest absolute Gasteiger partial charge is 0.251 e. The quantitative estimate of drug-likeness (QED) is 0.611. The number of para-hydroxylation sites is 1. The minimum atomic E-state index is -0.292. The van der Waals surface area contributed by atoms with Crippen molar-refractivity contribution in [2.45, 2.75) is 6.42 Å². The molecule has 0 unspecified atom stereocenters. The molecule has 6 heteroatoms. The van der Waals surface area contributed by atoms with Gasteiger partial charge in [-0.25, -0.2) is 0 Å². The lowest BCUT2D eigenvalue weighted by atomic mass is 10.1. The molecule has 0 saturated heterocycles. The van der Waals surface area contributed by atoms with Crippen molar-refractivity contribution in [3.05, 3.63) is 65.9 Å². The van der Waals surface area contributed by atoms with Gasteiger partial charge in [-0.2, -0.15) is 0 Å². The fourth-order valence-electron chi connectivity index (χ4n) is 2.74.